The Balaban J connectivity index is 1.96. The van der Waals surface area contributed by atoms with E-state index in [9.17, 15) is 4.79 Å². The molecule has 0 saturated heterocycles. The lowest BCUT2D eigenvalue weighted by atomic mass is 10.1. The van der Waals surface area contributed by atoms with E-state index in [4.69, 9.17) is 15.2 Å². The van der Waals surface area contributed by atoms with Gasteiger partial charge in [-0.2, -0.15) is 0 Å². The Labute approximate surface area is 136 Å². The summed E-state index contributed by atoms with van der Waals surface area (Å²) in [5.74, 6) is 1.21. The Bertz CT molecular complexity index is 644. The summed E-state index contributed by atoms with van der Waals surface area (Å²) in [6, 6.07) is 14.6. The fraction of sp³-hybridized carbons (Fsp3) is 0.278. The molecule has 0 aliphatic rings. The zero-order valence-electron chi connectivity index (χ0n) is 13.4. The molecule has 0 saturated carbocycles. The molecule has 3 N–H and O–H groups in total. The van der Waals surface area contributed by atoms with Gasteiger partial charge in [-0.15, -0.1) is 0 Å². The topological polar surface area (TPSA) is 73.6 Å². The van der Waals surface area contributed by atoms with Crippen LogP contribution in [0, 0.1) is 0 Å². The fourth-order valence-electron chi connectivity index (χ4n) is 2.29. The van der Waals surface area contributed by atoms with Crippen molar-refractivity contribution in [1.82, 2.24) is 5.32 Å². The lowest BCUT2D eigenvalue weighted by Crippen LogP contribution is -2.41. The normalized spacial score (nSPS) is 11.6. The molecule has 2 rings (SSSR count). The van der Waals surface area contributed by atoms with Crippen LogP contribution in [0.2, 0.25) is 0 Å². The number of rotatable bonds is 7. The molecule has 0 heterocycles. The van der Waals surface area contributed by atoms with E-state index >= 15 is 0 Å². The second-order valence-electron chi connectivity index (χ2n) is 5.19. The SMILES string of the molecule is COc1ccc(OC)c(CNC(=O)C(N)Cc2ccccc2)c1. The summed E-state index contributed by atoms with van der Waals surface area (Å²) < 4.78 is 10.5. The average molecular weight is 314 g/mol. The zero-order valence-corrected chi connectivity index (χ0v) is 13.4. The van der Waals surface area contributed by atoms with E-state index in [1.54, 1.807) is 14.2 Å². The Morgan fingerprint density at radius 3 is 2.52 bits per heavy atom. The molecule has 2 aromatic rings. The molecule has 0 spiro atoms. The number of nitrogens with two attached hydrogens (primary N) is 1. The van der Waals surface area contributed by atoms with Gasteiger partial charge >= 0.3 is 0 Å². The lowest BCUT2D eigenvalue weighted by molar-refractivity contribution is -0.122. The number of benzene rings is 2. The first kappa shape index (κ1) is 16.8. The molecular formula is C18H22N2O3. The van der Waals surface area contributed by atoms with Crippen molar-refractivity contribution in [2.75, 3.05) is 14.2 Å². The van der Waals surface area contributed by atoms with Crippen LogP contribution < -0.4 is 20.5 Å². The van der Waals surface area contributed by atoms with E-state index < -0.39 is 6.04 Å². The summed E-state index contributed by atoms with van der Waals surface area (Å²) in [5, 5.41) is 2.85. The van der Waals surface area contributed by atoms with Crippen molar-refractivity contribution in [2.24, 2.45) is 5.73 Å². The van der Waals surface area contributed by atoms with E-state index in [1.165, 1.54) is 0 Å². The third kappa shape index (κ3) is 4.72. The number of carbonyl (C=O) groups is 1. The maximum Gasteiger partial charge on any atom is 0.237 e. The number of amides is 1. The van der Waals surface area contributed by atoms with Gasteiger partial charge in [0.05, 0.1) is 20.3 Å². The van der Waals surface area contributed by atoms with Gasteiger partial charge in [0.2, 0.25) is 5.91 Å². The van der Waals surface area contributed by atoms with Crippen LogP contribution in [0.25, 0.3) is 0 Å². The van der Waals surface area contributed by atoms with Gasteiger partial charge in [-0.3, -0.25) is 4.79 Å². The third-order valence-electron chi connectivity index (χ3n) is 3.58. The summed E-state index contributed by atoms with van der Waals surface area (Å²) in [7, 11) is 3.19. The smallest absolute Gasteiger partial charge is 0.237 e. The van der Waals surface area contributed by atoms with Crippen LogP contribution in [0.15, 0.2) is 48.5 Å². The lowest BCUT2D eigenvalue weighted by Gasteiger charge is -2.14. The number of hydrogen-bond donors (Lipinski definition) is 2. The molecular weight excluding hydrogens is 292 g/mol. The molecule has 0 fully saturated rings. The molecule has 0 aromatic heterocycles. The molecule has 5 nitrogen and oxygen atoms in total. The molecule has 122 valence electrons. The van der Waals surface area contributed by atoms with Crippen LogP contribution in [-0.4, -0.2) is 26.2 Å². The maximum absolute atomic E-state index is 12.2. The van der Waals surface area contributed by atoms with Crippen molar-refractivity contribution in [1.29, 1.82) is 0 Å². The Morgan fingerprint density at radius 2 is 1.87 bits per heavy atom. The van der Waals surface area contributed by atoms with Crippen molar-refractivity contribution in [3.63, 3.8) is 0 Å². The fourth-order valence-corrected chi connectivity index (χ4v) is 2.29. The predicted molar refractivity (Wildman–Crippen MR) is 89.5 cm³/mol. The van der Waals surface area contributed by atoms with Gasteiger partial charge in [0.15, 0.2) is 0 Å². The Kier molecular flexibility index (Phi) is 6.00. The minimum atomic E-state index is -0.589. The molecule has 0 bridgehead atoms. The van der Waals surface area contributed by atoms with E-state index in [1.807, 2.05) is 48.5 Å². The standard InChI is InChI=1S/C18H22N2O3/c1-22-15-8-9-17(23-2)14(11-15)12-20-18(21)16(19)10-13-6-4-3-5-7-13/h3-9,11,16H,10,12,19H2,1-2H3,(H,20,21). The highest BCUT2D eigenvalue weighted by atomic mass is 16.5. The summed E-state index contributed by atoms with van der Waals surface area (Å²) in [6.45, 7) is 0.335. The predicted octanol–water partition coefficient (Wildman–Crippen LogP) is 1.89. The second-order valence-corrected chi connectivity index (χ2v) is 5.19. The average Bonchev–Trinajstić information content (AvgIpc) is 2.60. The number of methoxy groups -OCH3 is 2. The summed E-state index contributed by atoms with van der Waals surface area (Å²) in [4.78, 5) is 12.2. The largest absolute Gasteiger partial charge is 0.497 e. The summed E-state index contributed by atoms with van der Waals surface area (Å²) >= 11 is 0. The Hall–Kier alpha value is -2.53. The van der Waals surface area contributed by atoms with Gasteiger partial charge in [0.1, 0.15) is 11.5 Å². The van der Waals surface area contributed by atoms with Gasteiger partial charge in [-0.1, -0.05) is 30.3 Å². The molecule has 1 unspecified atom stereocenters. The van der Waals surface area contributed by atoms with Crippen LogP contribution in [-0.2, 0) is 17.8 Å². The second kappa shape index (κ2) is 8.19. The minimum Gasteiger partial charge on any atom is -0.497 e. The van der Waals surface area contributed by atoms with Crippen molar-refractivity contribution in [3.05, 3.63) is 59.7 Å². The summed E-state index contributed by atoms with van der Waals surface area (Å²) in [5.41, 5.74) is 7.85. The molecule has 5 heteroatoms. The van der Waals surface area contributed by atoms with Crippen LogP contribution >= 0.6 is 0 Å². The Morgan fingerprint density at radius 1 is 1.13 bits per heavy atom. The monoisotopic (exact) mass is 314 g/mol. The van der Waals surface area contributed by atoms with Crippen LogP contribution in [0.3, 0.4) is 0 Å². The van der Waals surface area contributed by atoms with E-state index in [0.29, 0.717) is 24.5 Å². The molecule has 0 aliphatic heterocycles. The first-order valence-electron chi connectivity index (χ1n) is 7.42. The third-order valence-corrected chi connectivity index (χ3v) is 3.58. The maximum atomic E-state index is 12.2. The van der Waals surface area contributed by atoms with Crippen molar-refractivity contribution < 1.29 is 14.3 Å². The quantitative estimate of drug-likeness (QED) is 0.818. The number of hydrogen-bond acceptors (Lipinski definition) is 4. The zero-order chi connectivity index (χ0) is 16.7. The van der Waals surface area contributed by atoms with Crippen LogP contribution in [0.4, 0.5) is 0 Å². The molecule has 0 aliphatic carbocycles. The highest BCUT2D eigenvalue weighted by Crippen LogP contribution is 2.23. The van der Waals surface area contributed by atoms with Gasteiger partial charge in [-0.25, -0.2) is 0 Å². The molecule has 2 aromatic carbocycles. The summed E-state index contributed by atoms with van der Waals surface area (Å²) in [6.07, 6.45) is 0.502. The molecule has 0 radical (unpaired) electrons. The number of carbonyl (C=O) groups excluding carboxylic acids is 1. The first-order valence-corrected chi connectivity index (χ1v) is 7.42. The van der Waals surface area contributed by atoms with Crippen LogP contribution in [0.5, 0.6) is 11.5 Å². The molecule has 1 atom stereocenters. The molecule has 23 heavy (non-hydrogen) atoms. The minimum absolute atomic E-state index is 0.196. The van der Waals surface area contributed by atoms with E-state index in [0.717, 1.165) is 11.1 Å². The van der Waals surface area contributed by atoms with E-state index in [-0.39, 0.29) is 5.91 Å². The number of nitrogens with one attached hydrogen (secondary N) is 1. The van der Waals surface area contributed by atoms with Crippen molar-refractivity contribution in [2.45, 2.75) is 19.0 Å². The van der Waals surface area contributed by atoms with Crippen molar-refractivity contribution in [3.8, 4) is 11.5 Å². The van der Waals surface area contributed by atoms with Gasteiger partial charge in [0, 0.05) is 12.1 Å². The first-order chi connectivity index (χ1) is 11.1. The van der Waals surface area contributed by atoms with E-state index in [2.05, 4.69) is 5.32 Å². The molecule has 1 amide bonds. The van der Waals surface area contributed by atoms with Crippen LogP contribution in [0.1, 0.15) is 11.1 Å². The number of ether oxygens (including phenoxy) is 2. The van der Waals surface area contributed by atoms with Gasteiger partial charge in [-0.05, 0) is 30.2 Å². The van der Waals surface area contributed by atoms with Crippen molar-refractivity contribution >= 4 is 5.91 Å². The van der Waals surface area contributed by atoms with Gasteiger partial charge in [0.25, 0.3) is 0 Å². The highest BCUT2D eigenvalue weighted by Gasteiger charge is 2.14. The highest BCUT2D eigenvalue weighted by molar-refractivity contribution is 5.81. The van der Waals surface area contributed by atoms with Gasteiger partial charge < -0.3 is 20.5 Å².